The molecule has 0 spiro atoms. The van der Waals surface area contributed by atoms with Crippen molar-refractivity contribution in [3.8, 4) is 0 Å². The van der Waals surface area contributed by atoms with Crippen molar-refractivity contribution < 1.29 is 9.59 Å². The fraction of sp³-hybridized carbons (Fsp3) is 0.375. The molecule has 1 fully saturated rings. The van der Waals surface area contributed by atoms with E-state index < -0.39 is 0 Å². The van der Waals surface area contributed by atoms with Crippen molar-refractivity contribution in [2.24, 2.45) is 0 Å². The quantitative estimate of drug-likeness (QED) is 0.712. The van der Waals surface area contributed by atoms with Crippen LogP contribution in [0.4, 0.5) is 5.13 Å². The van der Waals surface area contributed by atoms with Crippen LogP contribution < -0.4 is 11.1 Å². The SMILES string of the molecule is Nc1nnc(SCC(=O)NCc2ccccc2CN2CCCC2=O)s1. The minimum Gasteiger partial charge on any atom is -0.374 e. The molecule has 1 aliphatic rings. The summed E-state index contributed by atoms with van der Waals surface area (Å²) in [6, 6.07) is 7.88. The summed E-state index contributed by atoms with van der Waals surface area (Å²) in [5.74, 6) is 0.388. The van der Waals surface area contributed by atoms with Crippen LogP contribution in [0.1, 0.15) is 24.0 Å². The largest absolute Gasteiger partial charge is 0.374 e. The van der Waals surface area contributed by atoms with Gasteiger partial charge in [-0.1, -0.05) is 47.4 Å². The Bertz CT molecular complexity index is 764. The zero-order valence-electron chi connectivity index (χ0n) is 13.6. The van der Waals surface area contributed by atoms with E-state index in [0.29, 0.717) is 29.0 Å². The lowest BCUT2D eigenvalue weighted by Crippen LogP contribution is -2.27. The Hall–Kier alpha value is -2.13. The first-order valence-electron chi connectivity index (χ1n) is 7.95. The Morgan fingerprint density at radius 3 is 2.80 bits per heavy atom. The summed E-state index contributed by atoms with van der Waals surface area (Å²) in [7, 11) is 0. The molecule has 0 aliphatic carbocycles. The third-order valence-electron chi connectivity index (χ3n) is 3.88. The Morgan fingerprint density at radius 1 is 1.32 bits per heavy atom. The second kappa shape index (κ2) is 8.30. The van der Waals surface area contributed by atoms with Crippen LogP contribution in [0.25, 0.3) is 0 Å². The van der Waals surface area contributed by atoms with Crippen LogP contribution in [0.15, 0.2) is 28.6 Å². The summed E-state index contributed by atoms with van der Waals surface area (Å²) in [4.78, 5) is 25.7. The number of hydrogen-bond acceptors (Lipinski definition) is 7. The van der Waals surface area contributed by atoms with Gasteiger partial charge in [0.2, 0.25) is 16.9 Å². The van der Waals surface area contributed by atoms with E-state index >= 15 is 0 Å². The number of nitrogens with zero attached hydrogens (tertiary/aromatic N) is 3. The van der Waals surface area contributed by atoms with Crippen LogP contribution in [-0.4, -0.2) is 39.2 Å². The molecule has 0 radical (unpaired) electrons. The lowest BCUT2D eigenvalue weighted by atomic mass is 10.1. The Kier molecular flexibility index (Phi) is 5.87. The van der Waals surface area contributed by atoms with Crippen LogP contribution in [0.3, 0.4) is 0 Å². The molecule has 0 bridgehead atoms. The summed E-state index contributed by atoms with van der Waals surface area (Å²) < 4.78 is 0.681. The number of carbonyl (C=O) groups excluding carboxylic acids is 2. The van der Waals surface area contributed by atoms with Gasteiger partial charge in [-0.2, -0.15) is 0 Å². The highest BCUT2D eigenvalue weighted by molar-refractivity contribution is 8.01. The predicted molar refractivity (Wildman–Crippen MR) is 98.0 cm³/mol. The maximum atomic E-state index is 12.0. The van der Waals surface area contributed by atoms with Crippen molar-refractivity contribution in [1.82, 2.24) is 20.4 Å². The van der Waals surface area contributed by atoms with Gasteiger partial charge in [-0.3, -0.25) is 9.59 Å². The highest BCUT2D eigenvalue weighted by Gasteiger charge is 2.20. The van der Waals surface area contributed by atoms with Gasteiger partial charge >= 0.3 is 0 Å². The first kappa shape index (κ1) is 17.7. The summed E-state index contributed by atoms with van der Waals surface area (Å²) in [5, 5.41) is 10.9. The van der Waals surface area contributed by atoms with E-state index in [1.54, 1.807) is 0 Å². The zero-order valence-corrected chi connectivity index (χ0v) is 15.2. The van der Waals surface area contributed by atoms with Crippen molar-refractivity contribution in [2.75, 3.05) is 18.0 Å². The van der Waals surface area contributed by atoms with Crippen LogP contribution in [-0.2, 0) is 22.7 Å². The van der Waals surface area contributed by atoms with Gasteiger partial charge in [-0.25, -0.2) is 0 Å². The topological polar surface area (TPSA) is 101 Å². The first-order chi connectivity index (χ1) is 12.1. The molecule has 0 atom stereocenters. The van der Waals surface area contributed by atoms with Gasteiger partial charge in [0.1, 0.15) is 0 Å². The second-order valence-corrected chi connectivity index (χ2v) is 7.89. The van der Waals surface area contributed by atoms with Crippen LogP contribution in [0.5, 0.6) is 0 Å². The number of carbonyl (C=O) groups is 2. The number of thioether (sulfide) groups is 1. The predicted octanol–water partition coefficient (Wildman–Crippen LogP) is 1.65. The summed E-state index contributed by atoms with van der Waals surface area (Å²) in [6.07, 6.45) is 1.55. The minimum atomic E-state index is -0.0779. The summed E-state index contributed by atoms with van der Waals surface area (Å²) >= 11 is 2.58. The summed E-state index contributed by atoms with van der Waals surface area (Å²) in [6.45, 7) is 1.85. The number of anilines is 1. The average molecular weight is 377 g/mol. The van der Waals surface area contributed by atoms with Crippen molar-refractivity contribution in [2.45, 2.75) is 30.3 Å². The number of rotatable bonds is 7. The van der Waals surface area contributed by atoms with Crippen LogP contribution in [0.2, 0.25) is 0 Å². The fourth-order valence-corrected chi connectivity index (χ4v) is 4.08. The van der Waals surface area contributed by atoms with Crippen molar-refractivity contribution >= 4 is 40.0 Å². The molecule has 9 heteroatoms. The molecule has 3 rings (SSSR count). The van der Waals surface area contributed by atoms with Crippen molar-refractivity contribution in [3.63, 3.8) is 0 Å². The van der Waals surface area contributed by atoms with E-state index in [0.717, 1.165) is 24.1 Å². The van der Waals surface area contributed by atoms with Crippen molar-refractivity contribution in [3.05, 3.63) is 35.4 Å². The van der Waals surface area contributed by atoms with Gasteiger partial charge in [0, 0.05) is 26.1 Å². The van der Waals surface area contributed by atoms with Gasteiger partial charge < -0.3 is 16.0 Å². The van der Waals surface area contributed by atoms with E-state index in [1.165, 1.54) is 23.1 Å². The smallest absolute Gasteiger partial charge is 0.230 e. The Labute approximate surface area is 154 Å². The van der Waals surface area contributed by atoms with E-state index in [4.69, 9.17) is 5.73 Å². The monoisotopic (exact) mass is 377 g/mol. The number of hydrogen-bond donors (Lipinski definition) is 2. The third-order valence-corrected chi connectivity index (χ3v) is 5.76. The molecule has 132 valence electrons. The van der Waals surface area contributed by atoms with E-state index in [9.17, 15) is 9.59 Å². The Morgan fingerprint density at radius 2 is 2.12 bits per heavy atom. The van der Waals surface area contributed by atoms with Crippen LogP contribution >= 0.6 is 23.1 Å². The highest BCUT2D eigenvalue weighted by Crippen LogP contribution is 2.23. The molecule has 25 heavy (non-hydrogen) atoms. The number of likely N-dealkylation sites (tertiary alicyclic amines) is 1. The fourth-order valence-electron chi connectivity index (χ4n) is 2.61. The standard InChI is InChI=1S/C16H19N5O2S2/c17-15-19-20-16(25-15)24-10-13(22)18-8-11-4-1-2-5-12(11)9-21-7-3-6-14(21)23/h1-2,4-5H,3,6-10H2,(H2,17,19)(H,18,22). The average Bonchev–Trinajstić information content (AvgIpc) is 3.21. The molecule has 0 unspecified atom stereocenters. The maximum absolute atomic E-state index is 12.0. The van der Waals surface area contributed by atoms with E-state index in [2.05, 4.69) is 15.5 Å². The number of nitrogens with two attached hydrogens (primary N) is 1. The molecule has 1 aromatic carbocycles. The molecule has 2 amide bonds. The van der Waals surface area contributed by atoms with Gasteiger partial charge in [0.25, 0.3) is 0 Å². The van der Waals surface area contributed by atoms with E-state index in [1.807, 2.05) is 29.2 Å². The molecule has 2 heterocycles. The van der Waals surface area contributed by atoms with E-state index in [-0.39, 0.29) is 17.6 Å². The van der Waals surface area contributed by atoms with Gasteiger partial charge in [0.15, 0.2) is 4.34 Å². The number of nitrogens with one attached hydrogen (secondary N) is 1. The van der Waals surface area contributed by atoms with Crippen molar-refractivity contribution in [1.29, 1.82) is 0 Å². The molecule has 1 aromatic heterocycles. The lowest BCUT2D eigenvalue weighted by Gasteiger charge is -2.18. The molecule has 1 saturated heterocycles. The molecular formula is C16H19N5O2S2. The van der Waals surface area contributed by atoms with Gasteiger partial charge in [-0.05, 0) is 17.5 Å². The zero-order chi connectivity index (χ0) is 17.6. The molecule has 0 saturated carbocycles. The minimum absolute atomic E-state index is 0.0779. The third kappa shape index (κ3) is 4.93. The maximum Gasteiger partial charge on any atom is 0.230 e. The normalized spacial score (nSPS) is 14.1. The number of amides is 2. The number of nitrogen functional groups attached to an aromatic ring is 1. The summed E-state index contributed by atoms with van der Waals surface area (Å²) in [5.41, 5.74) is 7.62. The lowest BCUT2D eigenvalue weighted by molar-refractivity contribution is -0.128. The number of aromatic nitrogens is 2. The van der Waals surface area contributed by atoms with Crippen LogP contribution in [0, 0.1) is 0 Å². The second-order valence-electron chi connectivity index (χ2n) is 5.66. The van der Waals surface area contributed by atoms with Gasteiger partial charge in [-0.15, -0.1) is 10.2 Å². The molecule has 2 aromatic rings. The molecule has 3 N–H and O–H groups in total. The molecule has 1 aliphatic heterocycles. The Balaban J connectivity index is 1.52. The number of benzene rings is 1. The highest BCUT2D eigenvalue weighted by atomic mass is 32.2. The first-order valence-corrected chi connectivity index (χ1v) is 9.75. The van der Waals surface area contributed by atoms with Gasteiger partial charge in [0.05, 0.1) is 5.75 Å². The molecule has 7 nitrogen and oxygen atoms in total. The molecular weight excluding hydrogens is 358 g/mol.